The van der Waals surface area contributed by atoms with Gasteiger partial charge in [-0.2, -0.15) is 0 Å². The number of rotatable bonds is 6. The molecule has 0 spiro atoms. The average Bonchev–Trinajstić information content (AvgIpc) is 3.11. The second-order valence-corrected chi connectivity index (χ2v) is 7.53. The van der Waals surface area contributed by atoms with Gasteiger partial charge < -0.3 is 9.84 Å². The Morgan fingerprint density at radius 2 is 1.76 bits per heavy atom. The third-order valence-electron chi connectivity index (χ3n) is 5.64. The molecule has 3 heteroatoms. The van der Waals surface area contributed by atoms with Gasteiger partial charge in [0.15, 0.2) is 0 Å². The normalized spacial score (nSPS) is 13.5. The highest BCUT2D eigenvalue weighted by Crippen LogP contribution is 2.37. The monoisotopic (exact) mass is 384 g/mol. The molecule has 0 amide bonds. The predicted octanol–water partition coefficient (Wildman–Crippen LogP) is 5.93. The fourth-order valence-corrected chi connectivity index (χ4v) is 3.77. The van der Waals surface area contributed by atoms with Crippen LogP contribution in [0, 0.1) is 0 Å². The maximum Gasteiger partial charge on any atom is 0.310 e. The van der Waals surface area contributed by atoms with Crippen LogP contribution in [0.3, 0.4) is 0 Å². The highest BCUT2D eigenvalue weighted by atomic mass is 16.5. The van der Waals surface area contributed by atoms with Crippen molar-refractivity contribution in [1.82, 2.24) is 0 Å². The van der Waals surface area contributed by atoms with E-state index in [4.69, 9.17) is 9.84 Å². The van der Waals surface area contributed by atoms with Crippen LogP contribution >= 0.6 is 0 Å². The molecule has 0 aliphatic heterocycles. The second-order valence-electron chi connectivity index (χ2n) is 7.53. The summed E-state index contributed by atoms with van der Waals surface area (Å²) in [5, 5.41) is 9.09. The van der Waals surface area contributed by atoms with Crippen LogP contribution in [0.5, 0.6) is 5.75 Å². The molecular weight excluding hydrogens is 360 g/mol. The first-order valence-corrected chi connectivity index (χ1v) is 9.87. The van der Waals surface area contributed by atoms with Gasteiger partial charge in [0.25, 0.3) is 0 Å². The third-order valence-corrected chi connectivity index (χ3v) is 5.64. The Bertz CT molecular complexity index is 1080. The van der Waals surface area contributed by atoms with E-state index in [0.717, 1.165) is 17.7 Å². The number of fused-ring (bicyclic) bond motifs is 3. The number of carbonyl (C=O) groups is 1. The molecule has 0 radical (unpaired) electrons. The Hall–Kier alpha value is -3.33. The van der Waals surface area contributed by atoms with Crippen molar-refractivity contribution in [3.05, 3.63) is 95.1 Å². The minimum absolute atomic E-state index is 0.469. The quantitative estimate of drug-likeness (QED) is 0.448. The Morgan fingerprint density at radius 3 is 2.52 bits per heavy atom. The molecule has 0 bridgehead atoms. The summed E-state index contributed by atoms with van der Waals surface area (Å²) in [6.45, 7) is 4.25. The Labute approximate surface area is 171 Å². The molecule has 0 saturated carbocycles. The average molecular weight is 384 g/mol. The molecule has 1 aliphatic rings. The van der Waals surface area contributed by atoms with Gasteiger partial charge in [-0.3, -0.25) is 4.79 Å². The minimum Gasteiger partial charge on any atom is -0.490 e. The maximum atomic E-state index is 11.1. The van der Waals surface area contributed by atoms with Gasteiger partial charge in [0, 0.05) is 0 Å². The lowest BCUT2D eigenvalue weighted by molar-refractivity contribution is -0.138. The van der Waals surface area contributed by atoms with E-state index < -0.39 is 11.9 Å². The fraction of sp³-hybridized carbons (Fsp3) is 0.192. The molecule has 4 rings (SSSR count). The first kappa shape index (κ1) is 19.0. The summed E-state index contributed by atoms with van der Waals surface area (Å²) >= 11 is 0. The topological polar surface area (TPSA) is 46.5 Å². The minimum atomic E-state index is -0.824. The predicted molar refractivity (Wildman–Crippen MR) is 116 cm³/mol. The summed E-state index contributed by atoms with van der Waals surface area (Å²) in [7, 11) is 0. The van der Waals surface area contributed by atoms with Gasteiger partial charge in [-0.25, -0.2) is 0 Å². The first-order chi connectivity index (χ1) is 14.0. The van der Waals surface area contributed by atoms with Crippen molar-refractivity contribution in [2.75, 3.05) is 6.61 Å². The molecule has 146 valence electrons. The van der Waals surface area contributed by atoms with E-state index in [0.29, 0.717) is 6.61 Å². The third kappa shape index (κ3) is 3.95. The van der Waals surface area contributed by atoms with Crippen LogP contribution in [0.25, 0.3) is 16.7 Å². The fourth-order valence-electron chi connectivity index (χ4n) is 3.77. The number of allylic oxidation sites excluding steroid dienone is 1. The van der Waals surface area contributed by atoms with Crippen molar-refractivity contribution in [3.63, 3.8) is 0 Å². The van der Waals surface area contributed by atoms with E-state index in [-0.39, 0.29) is 0 Å². The molecule has 3 aromatic carbocycles. The van der Waals surface area contributed by atoms with Gasteiger partial charge in [0.2, 0.25) is 0 Å². The van der Waals surface area contributed by atoms with Crippen LogP contribution in [0.2, 0.25) is 0 Å². The Balaban J connectivity index is 1.41. The van der Waals surface area contributed by atoms with Crippen molar-refractivity contribution >= 4 is 11.5 Å². The molecule has 1 atom stereocenters. The first-order valence-electron chi connectivity index (χ1n) is 9.87. The molecule has 0 fully saturated rings. The maximum absolute atomic E-state index is 11.1. The Morgan fingerprint density at radius 1 is 1.03 bits per heavy atom. The molecule has 3 aromatic rings. The van der Waals surface area contributed by atoms with Gasteiger partial charge in [0.1, 0.15) is 12.4 Å². The zero-order chi connectivity index (χ0) is 20.4. The molecule has 0 saturated heterocycles. The van der Waals surface area contributed by atoms with Crippen molar-refractivity contribution in [3.8, 4) is 16.9 Å². The van der Waals surface area contributed by atoms with Gasteiger partial charge in [-0.05, 0) is 77.4 Å². The SMILES string of the molecule is CC(=CCOc1ccc(C(C)C(=O)O)cc1)c1ccc2c(c1)Cc1ccccc1-2. The molecule has 1 aliphatic carbocycles. The number of hydrogen-bond acceptors (Lipinski definition) is 2. The van der Waals surface area contributed by atoms with E-state index in [9.17, 15) is 4.79 Å². The summed E-state index contributed by atoms with van der Waals surface area (Å²) in [6, 6.07) is 22.5. The van der Waals surface area contributed by atoms with Crippen LogP contribution in [-0.4, -0.2) is 17.7 Å². The molecule has 29 heavy (non-hydrogen) atoms. The van der Waals surface area contributed by atoms with Gasteiger partial charge in [-0.1, -0.05) is 54.6 Å². The summed E-state index contributed by atoms with van der Waals surface area (Å²) in [6.07, 6.45) is 3.07. The van der Waals surface area contributed by atoms with Crippen molar-refractivity contribution in [1.29, 1.82) is 0 Å². The number of carboxylic acid groups (broad SMARTS) is 1. The van der Waals surface area contributed by atoms with Gasteiger partial charge in [0.05, 0.1) is 5.92 Å². The number of aliphatic carboxylic acids is 1. The lowest BCUT2D eigenvalue weighted by Crippen LogP contribution is -2.07. The molecule has 1 unspecified atom stereocenters. The lowest BCUT2D eigenvalue weighted by atomic mass is 10.00. The molecule has 1 N–H and O–H groups in total. The van der Waals surface area contributed by atoms with E-state index in [1.807, 2.05) is 24.3 Å². The van der Waals surface area contributed by atoms with Crippen LogP contribution in [0.1, 0.15) is 42.0 Å². The van der Waals surface area contributed by atoms with E-state index in [2.05, 4.69) is 55.5 Å². The second kappa shape index (κ2) is 7.96. The van der Waals surface area contributed by atoms with Gasteiger partial charge >= 0.3 is 5.97 Å². The van der Waals surface area contributed by atoms with E-state index >= 15 is 0 Å². The van der Waals surface area contributed by atoms with Gasteiger partial charge in [-0.15, -0.1) is 0 Å². The van der Waals surface area contributed by atoms with E-state index in [1.54, 1.807) is 6.92 Å². The smallest absolute Gasteiger partial charge is 0.310 e. The molecule has 0 aromatic heterocycles. The highest BCUT2D eigenvalue weighted by molar-refractivity contribution is 5.79. The molecule has 0 heterocycles. The van der Waals surface area contributed by atoms with Crippen LogP contribution in [-0.2, 0) is 11.2 Å². The summed E-state index contributed by atoms with van der Waals surface area (Å²) in [4.78, 5) is 11.1. The van der Waals surface area contributed by atoms with E-state index in [1.165, 1.54) is 33.4 Å². The molecule has 3 nitrogen and oxygen atoms in total. The van der Waals surface area contributed by atoms with Crippen molar-refractivity contribution in [2.45, 2.75) is 26.2 Å². The number of hydrogen-bond donors (Lipinski definition) is 1. The summed E-state index contributed by atoms with van der Waals surface area (Å²) in [5.74, 6) is -0.605. The zero-order valence-electron chi connectivity index (χ0n) is 16.7. The number of benzene rings is 3. The lowest BCUT2D eigenvalue weighted by Gasteiger charge is -2.09. The van der Waals surface area contributed by atoms with Crippen molar-refractivity contribution in [2.24, 2.45) is 0 Å². The number of carboxylic acids is 1. The summed E-state index contributed by atoms with van der Waals surface area (Å²) < 4.78 is 5.81. The van der Waals surface area contributed by atoms with Crippen LogP contribution in [0.4, 0.5) is 0 Å². The Kier molecular flexibility index (Phi) is 5.22. The van der Waals surface area contributed by atoms with Crippen molar-refractivity contribution < 1.29 is 14.6 Å². The van der Waals surface area contributed by atoms with Crippen LogP contribution in [0.15, 0.2) is 72.8 Å². The zero-order valence-corrected chi connectivity index (χ0v) is 16.7. The summed E-state index contributed by atoms with van der Waals surface area (Å²) in [5.41, 5.74) is 8.62. The highest BCUT2D eigenvalue weighted by Gasteiger charge is 2.18. The molecular formula is C26H24O3. The standard InChI is InChI=1S/C26H24O3/c1-17(13-14-29-23-10-7-19(8-11-23)18(2)26(27)28)20-9-12-25-22(15-20)16-21-5-3-4-6-24(21)25/h3-13,15,18H,14,16H2,1-2H3,(H,27,28). The number of ether oxygens (including phenoxy) is 1. The largest absolute Gasteiger partial charge is 0.490 e. The van der Waals surface area contributed by atoms with Crippen LogP contribution < -0.4 is 4.74 Å².